The lowest BCUT2D eigenvalue weighted by molar-refractivity contribution is 0.360. The molecule has 57 heavy (non-hydrogen) atoms. The van der Waals surface area contributed by atoms with Crippen LogP contribution in [-0.2, 0) is 5.41 Å². The molecule has 0 amide bonds. The summed E-state index contributed by atoms with van der Waals surface area (Å²) >= 11 is 0. The van der Waals surface area contributed by atoms with Crippen molar-refractivity contribution in [3.63, 3.8) is 0 Å². The summed E-state index contributed by atoms with van der Waals surface area (Å²) in [6.07, 6.45) is 1.79. The monoisotopic (exact) mass is 731 g/mol. The lowest BCUT2D eigenvalue weighted by Gasteiger charge is -2.34. The van der Waals surface area contributed by atoms with Gasteiger partial charge in [-0.1, -0.05) is 158 Å². The summed E-state index contributed by atoms with van der Waals surface area (Å²) in [7, 11) is 0. The molecule has 3 heterocycles. The summed E-state index contributed by atoms with van der Waals surface area (Å²) in [5.74, 6) is 3.42. The first-order valence-corrected chi connectivity index (χ1v) is 19.1. The van der Waals surface area contributed by atoms with Crippen LogP contribution in [0.15, 0.2) is 200 Å². The first kappa shape index (κ1) is 32.8. The Balaban J connectivity index is 0.951. The molecule has 9 aromatic rings. The lowest BCUT2D eigenvalue weighted by atomic mass is 9.68. The molecule has 1 aliphatic carbocycles. The molecule has 5 nitrogen and oxygen atoms in total. The number of ether oxygens (including phenoxy) is 2. The zero-order valence-electron chi connectivity index (χ0n) is 30.7. The molecule has 7 aromatic carbocycles. The molecule has 0 fully saturated rings. The number of fused-ring (bicyclic) bond motifs is 6. The Labute approximate surface area is 330 Å². The van der Waals surface area contributed by atoms with Gasteiger partial charge in [-0.2, -0.15) is 0 Å². The fourth-order valence-electron chi connectivity index (χ4n) is 8.53. The van der Waals surface area contributed by atoms with E-state index >= 15 is 0 Å². The van der Waals surface area contributed by atoms with Crippen molar-refractivity contribution in [1.29, 1.82) is 0 Å². The van der Waals surface area contributed by atoms with Gasteiger partial charge in [0.25, 0.3) is 0 Å². The second-order valence-corrected chi connectivity index (χ2v) is 14.3. The van der Waals surface area contributed by atoms with Crippen LogP contribution in [0.1, 0.15) is 22.3 Å². The van der Waals surface area contributed by atoms with E-state index in [0.717, 1.165) is 56.2 Å². The molecule has 268 valence electrons. The van der Waals surface area contributed by atoms with Crippen LogP contribution < -0.4 is 9.47 Å². The Kier molecular flexibility index (Phi) is 7.64. The second kappa shape index (κ2) is 13.3. The molecule has 0 N–H and O–H groups in total. The second-order valence-electron chi connectivity index (χ2n) is 14.3. The van der Waals surface area contributed by atoms with Crippen molar-refractivity contribution in [2.24, 2.45) is 0 Å². The number of hydrogen-bond acceptors (Lipinski definition) is 5. The summed E-state index contributed by atoms with van der Waals surface area (Å²) in [4.78, 5) is 14.5. The lowest BCUT2D eigenvalue weighted by Crippen LogP contribution is -2.28. The maximum absolute atomic E-state index is 6.86. The first-order valence-electron chi connectivity index (χ1n) is 19.1. The third kappa shape index (κ3) is 5.35. The molecule has 0 atom stereocenters. The largest absolute Gasteiger partial charge is 0.449 e. The van der Waals surface area contributed by atoms with Gasteiger partial charge in [0.15, 0.2) is 28.8 Å². The summed E-state index contributed by atoms with van der Waals surface area (Å²) < 4.78 is 13.6. The third-order valence-electron chi connectivity index (χ3n) is 11.1. The highest BCUT2D eigenvalue weighted by Crippen LogP contribution is 2.62. The van der Waals surface area contributed by atoms with Gasteiger partial charge in [0, 0.05) is 22.9 Å². The van der Waals surface area contributed by atoms with Gasteiger partial charge < -0.3 is 9.47 Å². The molecule has 0 saturated heterocycles. The van der Waals surface area contributed by atoms with E-state index in [9.17, 15) is 0 Å². The highest BCUT2D eigenvalue weighted by atomic mass is 16.6. The van der Waals surface area contributed by atoms with Crippen LogP contribution in [0.25, 0.3) is 56.3 Å². The molecule has 0 unspecified atom stereocenters. The number of benzene rings is 7. The molecule has 2 aromatic heterocycles. The Morgan fingerprint density at radius 3 is 1.75 bits per heavy atom. The third-order valence-corrected chi connectivity index (χ3v) is 11.1. The fraction of sp³-hybridized carbons (Fsp3) is 0.0192. The average Bonchev–Trinajstić information content (AvgIpc) is 3.61. The molecule has 0 radical (unpaired) electrons. The zero-order valence-corrected chi connectivity index (χ0v) is 30.7. The smallest absolute Gasteiger partial charge is 0.178 e. The molecule has 1 aliphatic heterocycles. The van der Waals surface area contributed by atoms with E-state index in [2.05, 4.69) is 151 Å². The van der Waals surface area contributed by atoms with Crippen molar-refractivity contribution in [2.45, 2.75) is 5.41 Å². The standard InChI is InChI=1S/C52H33N3O2/c1-4-14-35(15-5-1)44-33-45(43-22-12-13-31-53-43)55-51(54-44)36-25-23-34(24-26-36)37-27-29-46-48(32-37)56-47-30-28-42-49(50(47)57-46)40-20-10-11-21-41(40)52(42,38-16-6-2-7-17-38)39-18-8-3-9-19-39/h1-33H. The predicted molar refractivity (Wildman–Crippen MR) is 225 cm³/mol. The van der Waals surface area contributed by atoms with Crippen molar-refractivity contribution >= 4 is 0 Å². The number of pyridine rings is 1. The van der Waals surface area contributed by atoms with Crippen LogP contribution in [0.4, 0.5) is 0 Å². The van der Waals surface area contributed by atoms with E-state index in [1.54, 1.807) is 6.20 Å². The van der Waals surface area contributed by atoms with Crippen LogP contribution in [0.2, 0.25) is 0 Å². The van der Waals surface area contributed by atoms with E-state index in [-0.39, 0.29) is 0 Å². The van der Waals surface area contributed by atoms with Gasteiger partial charge in [-0.25, -0.2) is 9.97 Å². The van der Waals surface area contributed by atoms with Crippen molar-refractivity contribution < 1.29 is 9.47 Å². The SMILES string of the molecule is c1ccc(-c2cc(-c3ccccn3)nc(-c3ccc(-c4ccc5c(c4)Oc4ccc6c(c4O5)-c4ccccc4C6(c4ccccc4)c4ccccc4)cc3)n2)cc1. The van der Waals surface area contributed by atoms with Gasteiger partial charge >= 0.3 is 0 Å². The van der Waals surface area contributed by atoms with Gasteiger partial charge in [-0.15, -0.1) is 0 Å². The number of hydrogen-bond donors (Lipinski definition) is 0. The number of rotatable bonds is 6. The van der Waals surface area contributed by atoms with Gasteiger partial charge in [-0.05, 0) is 75.3 Å². The van der Waals surface area contributed by atoms with E-state index in [1.165, 1.54) is 22.3 Å². The van der Waals surface area contributed by atoms with Crippen molar-refractivity contribution in [1.82, 2.24) is 15.0 Å². The fourth-order valence-corrected chi connectivity index (χ4v) is 8.53. The topological polar surface area (TPSA) is 57.1 Å². The van der Waals surface area contributed by atoms with Gasteiger partial charge in [-0.3, -0.25) is 4.98 Å². The van der Waals surface area contributed by atoms with Gasteiger partial charge in [0.05, 0.1) is 22.5 Å². The normalized spacial score (nSPS) is 13.0. The summed E-state index contributed by atoms with van der Waals surface area (Å²) in [5.41, 5.74) is 12.9. The highest BCUT2D eigenvalue weighted by Gasteiger charge is 2.48. The van der Waals surface area contributed by atoms with Crippen LogP contribution in [0.5, 0.6) is 23.0 Å². The van der Waals surface area contributed by atoms with Crippen LogP contribution >= 0.6 is 0 Å². The van der Waals surface area contributed by atoms with Crippen molar-refractivity contribution in [2.75, 3.05) is 0 Å². The molecule has 11 rings (SSSR count). The van der Waals surface area contributed by atoms with E-state index < -0.39 is 5.41 Å². The molecule has 0 spiro atoms. The van der Waals surface area contributed by atoms with Crippen LogP contribution in [0, 0.1) is 0 Å². The summed E-state index contributed by atoms with van der Waals surface area (Å²) in [6, 6.07) is 67.1. The van der Waals surface area contributed by atoms with E-state index in [1.807, 2.05) is 48.5 Å². The average molecular weight is 732 g/mol. The number of aromatic nitrogens is 3. The molecule has 0 saturated carbocycles. The summed E-state index contributed by atoms with van der Waals surface area (Å²) in [6.45, 7) is 0. The minimum atomic E-state index is -0.517. The minimum Gasteiger partial charge on any atom is -0.449 e. The summed E-state index contributed by atoms with van der Waals surface area (Å²) in [5, 5.41) is 0. The first-order chi connectivity index (χ1) is 28.2. The molecule has 0 bridgehead atoms. The Hall–Kier alpha value is -7.63. The van der Waals surface area contributed by atoms with Crippen LogP contribution in [0.3, 0.4) is 0 Å². The van der Waals surface area contributed by atoms with Crippen molar-refractivity contribution in [3.8, 4) is 79.3 Å². The van der Waals surface area contributed by atoms with Gasteiger partial charge in [0.2, 0.25) is 0 Å². The molecule has 5 heteroatoms. The van der Waals surface area contributed by atoms with E-state index in [4.69, 9.17) is 19.4 Å². The minimum absolute atomic E-state index is 0.517. The maximum atomic E-state index is 6.86. The molecule has 2 aliphatic rings. The Morgan fingerprint density at radius 2 is 1.02 bits per heavy atom. The molecular weight excluding hydrogens is 699 g/mol. The van der Waals surface area contributed by atoms with E-state index in [0.29, 0.717) is 23.1 Å². The number of nitrogens with zero attached hydrogens (tertiary/aromatic N) is 3. The van der Waals surface area contributed by atoms with Crippen LogP contribution in [-0.4, -0.2) is 15.0 Å². The van der Waals surface area contributed by atoms with Gasteiger partial charge in [0.1, 0.15) is 0 Å². The zero-order chi connectivity index (χ0) is 37.8. The molecular formula is C52H33N3O2. The predicted octanol–water partition coefficient (Wildman–Crippen LogP) is 12.8. The maximum Gasteiger partial charge on any atom is 0.178 e. The Morgan fingerprint density at radius 1 is 0.386 bits per heavy atom. The highest BCUT2D eigenvalue weighted by molar-refractivity contribution is 5.92. The quantitative estimate of drug-likeness (QED) is 0.170. The Bertz CT molecular complexity index is 2840. The van der Waals surface area contributed by atoms with Crippen molar-refractivity contribution in [3.05, 3.63) is 223 Å².